The number of thioether (sulfide) groups is 1. The molecule has 3 N–H and O–H groups in total. The van der Waals surface area contributed by atoms with Crippen molar-refractivity contribution in [2.45, 2.75) is 23.0 Å². The topological polar surface area (TPSA) is 78.8 Å². The van der Waals surface area contributed by atoms with Gasteiger partial charge in [0.1, 0.15) is 18.8 Å². The molecule has 1 amide bonds. The summed E-state index contributed by atoms with van der Waals surface area (Å²) < 4.78 is 5.47. The maximum Gasteiger partial charge on any atom is 0.407 e. The standard InChI is InChI=1S/C25H25NO4S/c1-31-23-13-7-6-12-20(23)24(28)22(27)14-26-25(29)30-15-21-18-10-4-2-8-16(18)17-9-3-5-11-19(17)21/h2-13,21-22,24,27-28H,14-15H2,1H3,(H,26,29). The third-order valence-electron chi connectivity index (χ3n) is 5.62. The molecule has 0 radical (unpaired) electrons. The largest absolute Gasteiger partial charge is 0.449 e. The lowest BCUT2D eigenvalue weighted by atomic mass is 9.98. The van der Waals surface area contributed by atoms with E-state index in [2.05, 4.69) is 29.6 Å². The average Bonchev–Trinajstić information content (AvgIpc) is 3.14. The predicted molar refractivity (Wildman–Crippen MR) is 122 cm³/mol. The van der Waals surface area contributed by atoms with Crippen LogP contribution < -0.4 is 5.32 Å². The Balaban J connectivity index is 1.35. The SMILES string of the molecule is CSc1ccccc1C(O)C(O)CNC(=O)OCC1c2ccccc2-c2ccccc21. The van der Waals surface area contributed by atoms with Crippen molar-refractivity contribution >= 4 is 17.9 Å². The zero-order valence-corrected chi connectivity index (χ0v) is 18.0. The minimum Gasteiger partial charge on any atom is -0.449 e. The molecule has 0 saturated heterocycles. The maximum absolute atomic E-state index is 12.3. The molecule has 5 nitrogen and oxygen atoms in total. The Kier molecular flexibility index (Phi) is 6.61. The summed E-state index contributed by atoms with van der Waals surface area (Å²) in [5.74, 6) is -0.0258. The van der Waals surface area contributed by atoms with Crippen LogP contribution in [0.25, 0.3) is 11.1 Å². The molecule has 0 spiro atoms. The highest BCUT2D eigenvalue weighted by molar-refractivity contribution is 7.98. The lowest BCUT2D eigenvalue weighted by Crippen LogP contribution is -2.36. The fraction of sp³-hybridized carbons (Fsp3) is 0.240. The molecule has 0 fully saturated rings. The Morgan fingerprint density at radius 3 is 2.19 bits per heavy atom. The smallest absolute Gasteiger partial charge is 0.407 e. The summed E-state index contributed by atoms with van der Waals surface area (Å²) in [6, 6.07) is 23.6. The van der Waals surface area contributed by atoms with Gasteiger partial charge in [0.2, 0.25) is 0 Å². The molecule has 1 aliphatic carbocycles. The molecule has 2 unspecified atom stereocenters. The van der Waals surface area contributed by atoms with Crippen molar-refractivity contribution in [3.05, 3.63) is 89.5 Å². The fourth-order valence-corrected chi connectivity index (χ4v) is 4.71. The first kappa shape index (κ1) is 21.4. The Hall–Kier alpha value is -2.80. The van der Waals surface area contributed by atoms with Crippen LogP contribution in [-0.2, 0) is 4.74 Å². The van der Waals surface area contributed by atoms with Crippen molar-refractivity contribution in [2.75, 3.05) is 19.4 Å². The van der Waals surface area contributed by atoms with Crippen LogP contribution in [0.3, 0.4) is 0 Å². The highest BCUT2D eigenvalue weighted by atomic mass is 32.2. The number of hydrogen-bond donors (Lipinski definition) is 3. The molecule has 3 aromatic carbocycles. The van der Waals surface area contributed by atoms with E-state index in [0.717, 1.165) is 27.1 Å². The van der Waals surface area contributed by atoms with E-state index < -0.39 is 18.3 Å². The van der Waals surface area contributed by atoms with Gasteiger partial charge < -0.3 is 20.3 Å². The van der Waals surface area contributed by atoms with Crippen LogP contribution >= 0.6 is 11.8 Å². The molecule has 0 heterocycles. The number of amides is 1. The minimum absolute atomic E-state index is 0.0258. The number of aliphatic hydroxyl groups excluding tert-OH is 2. The van der Waals surface area contributed by atoms with E-state index in [1.165, 1.54) is 11.8 Å². The van der Waals surface area contributed by atoms with Gasteiger partial charge in [0, 0.05) is 17.4 Å². The summed E-state index contributed by atoms with van der Waals surface area (Å²) in [5.41, 5.74) is 5.24. The fourth-order valence-electron chi connectivity index (χ4n) is 4.07. The first-order valence-electron chi connectivity index (χ1n) is 10.2. The number of fused-ring (bicyclic) bond motifs is 3. The van der Waals surface area contributed by atoms with Crippen LogP contribution in [0.4, 0.5) is 4.79 Å². The predicted octanol–water partition coefficient (Wildman–Crippen LogP) is 4.34. The second-order valence-electron chi connectivity index (χ2n) is 7.46. The van der Waals surface area contributed by atoms with E-state index in [4.69, 9.17) is 4.74 Å². The van der Waals surface area contributed by atoms with Gasteiger partial charge in [-0.25, -0.2) is 4.79 Å². The number of rotatable bonds is 7. The minimum atomic E-state index is -1.14. The molecule has 2 atom stereocenters. The Morgan fingerprint density at radius 2 is 1.55 bits per heavy atom. The molecule has 31 heavy (non-hydrogen) atoms. The van der Waals surface area contributed by atoms with E-state index >= 15 is 0 Å². The summed E-state index contributed by atoms with van der Waals surface area (Å²) in [6.45, 7) is 0.0916. The monoisotopic (exact) mass is 435 g/mol. The Morgan fingerprint density at radius 1 is 0.968 bits per heavy atom. The van der Waals surface area contributed by atoms with Crippen LogP contribution in [0.1, 0.15) is 28.7 Å². The van der Waals surface area contributed by atoms with Crippen molar-refractivity contribution in [2.24, 2.45) is 0 Å². The van der Waals surface area contributed by atoms with Crippen LogP contribution in [-0.4, -0.2) is 41.8 Å². The van der Waals surface area contributed by atoms with E-state index in [9.17, 15) is 15.0 Å². The number of benzene rings is 3. The van der Waals surface area contributed by atoms with Crippen molar-refractivity contribution in [1.82, 2.24) is 5.32 Å². The summed E-state index contributed by atoms with van der Waals surface area (Å²) in [5, 5.41) is 23.4. The second-order valence-corrected chi connectivity index (χ2v) is 8.31. The Bertz CT molecular complexity index is 1030. The van der Waals surface area contributed by atoms with Gasteiger partial charge in [-0.3, -0.25) is 0 Å². The van der Waals surface area contributed by atoms with E-state index in [0.29, 0.717) is 5.56 Å². The van der Waals surface area contributed by atoms with E-state index in [-0.39, 0.29) is 19.1 Å². The number of hydrogen-bond acceptors (Lipinski definition) is 5. The van der Waals surface area contributed by atoms with Crippen LogP contribution in [0, 0.1) is 0 Å². The molecule has 160 valence electrons. The van der Waals surface area contributed by atoms with E-state index in [1.807, 2.05) is 48.7 Å². The molecular formula is C25H25NO4S. The van der Waals surface area contributed by atoms with Gasteiger partial charge in [-0.2, -0.15) is 0 Å². The van der Waals surface area contributed by atoms with Gasteiger partial charge in [0.15, 0.2) is 0 Å². The van der Waals surface area contributed by atoms with Gasteiger partial charge in [-0.05, 0) is 40.1 Å². The van der Waals surface area contributed by atoms with Crippen molar-refractivity contribution in [3.63, 3.8) is 0 Å². The van der Waals surface area contributed by atoms with Gasteiger partial charge in [-0.15, -0.1) is 11.8 Å². The lowest BCUT2D eigenvalue weighted by Gasteiger charge is -2.21. The molecule has 0 aromatic heterocycles. The molecule has 0 aliphatic heterocycles. The summed E-state index contributed by atoms with van der Waals surface area (Å²) >= 11 is 1.49. The molecular weight excluding hydrogens is 410 g/mol. The Labute approximate surface area is 186 Å². The average molecular weight is 436 g/mol. The quantitative estimate of drug-likeness (QED) is 0.481. The number of ether oxygens (including phenoxy) is 1. The van der Waals surface area contributed by atoms with Gasteiger partial charge >= 0.3 is 6.09 Å². The van der Waals surface area contributed by atoms with Crippen molar-refractivity contribution < 1.29 is 19.7 Å². The third kappa shape index (κ3) is 4.46. The number of aliphatic hydroxyl groups is 2. The maximum atomic E-state index is 12.3. The van der Waals surface area contributed by atoms with Crippen molar-refractivity contribution in [3.8, 4) is 11.1 Å². The van der Waals surface area contributed by atoms with Gasteiger partial charge in [-0.1, -0.05) is 66.7 Å². The first-order chi connectivity index (χ1) is 15.1. The van der Waals surface area contributed by atoms with E-state index in [1.54, 1.807) is 6.07 Å². The summed E-state index contributed by atoms with van der Waals surface area (Å²) in [6.07, 6.45) is -0.954. The van der Waals surface area contributed by atoms with Crippen molar-refractivity contribution in [1.29, 1.82) is 0 Å². The highest BCUT2D eigenvalue weighted by Crippen LogP contribution is 2.44. The summed E-state index contributed by atoms with van der Waals surface area (Å²) in [7, 11) is 0. The number of carbonyl (C=O) groups is 1. The molecule has 0 saturated carbocycles. The molecule has 1 aliphatic rings. The van der Waals surface area contributed by atoms with Crippen LogP contribution in [0.2, 0.25) is 0 Å². The number of alkyl carbamates (subject to hydrolysis) is 1. The van der Waals surface area contributed by atoms with Gasteiger partial charge in [0.05, 0.1) is 0 Å². The number of nitrogens with one attached hydrogen (secondary N) is 1. The normalized spacial score (nSPS) is 14.4. The van der Waals surface area contributed by atoms with Crippen LogP contribution in [0.5, 0.6) is 0 Å². The molecule has 3 aromatic rings. The zero-order valence-electron chi connectivity index (χ0n) is 17.2. The third-order valence-corrected chi connectivity index (χ3v) is 6.43. The molecule has 0 bridgehead atoms. The zero-order chi connectivity index (χ0) is 21.8. The molecule has 4 rings (SSSR count). The summed E-state index contributed by atoms with van der Waals surface area (Å²) in [4.78, 5) is 13.2. The van der Waals surface area contributed by atoms with Crippen LogP contribution in [0.15, 0.2) is 77.7 Å². The highest BCUT2D eigenvalue weighted by Gasteiger charge is 2.29. The molecule has 6 heteroatoms. The first-order valence-corrected chi connectivity index (χ1v) is 11.4. The number of carbonyl (C=O) groups excluding carboxylic acids is 1. The second kappa shape index (κ2) is 9.56. The lowest BCUT2D eigenvalue weighted by molar-refractivity contribution is 0.0171. The van der Waals surface area contributed by atoms with Gasteiger partial charge in [0.25, 0.3) is 0 Å².